The van der Waals surface area contributed by atoms with E-state index in [2.05, 4.69) is 0 Å². The van der Waals surface area contributed by atoms with Gasteiger partial charge in [0.2, 0.25) is 11.8 Å². The van der Waals surface area contributed by atoms with E-state index in [1.54, 1.807) is 25.7 Å². The fourth-order valence-corrected chi connectivity index (χ4v) is 6.23. The van der Waals surface area contributed by atoms with Crippen LogP contribution in [0.3, 0.4) is 0 Å². The van der Waals surface area contributed by atoms with E-state index in [1.165, 1.54) is 0 Å². The van der Waals surface area contributed by atoms with Crippen molar-refractivity contribution >= 4 is 34.2 Å². The van der Waals surface area contributed by atoms with Gasteiger partial charge in [-0.1, -0.05) is 127 Å². The molecule has 0 saturated carbocycles. The molecule has 0 aliphatic carbocycles. The van der Waals surface area contributed by atoms with Crippen molar-refractivity contribution in [1.29, 1.82) is 0 Å². The third-order valence-corrected chi connectivity index (χ3v) is 8.35. The molecule has 2 amide bonds. The van der Waals surface area contributed by atoms with E-state index in [0.29, 0.717) is 5.69 Å². The molecule has 2 N–H and O–H groups in total. The van der Waals surface area contributed by atoms with Gasteiger partial charge in [0.25, 0.3) is 0 Å². The minimum absolute atomic E-state index is 0.268. The molecule has 2 unspecified atom stereocenters. The fourth-order valence-electron chi connectivity index (χ4n) is 6.23. The Morgan fingerprint density at radius 1 is 0.688 bits per heavy atom. The average molecular weight is 643 g/mol. The zero-order valence-corrected chi connectivity index (χ0v) is 27.8. The summed E-state index contributed by atoms with van der Waals surface area (Å²) in [6.45, 7) is 6.91. The van der Waals surface area contributed by atoms with Crippen molar-refractivity contribution in [1.82, 2.24) is 0 Å². The lowest BCUT2D eigenvalue weighted by atomic mass is 9.79. The predicted octanol–water partition coefficient (Wildman–Crippen LogP) is 7.26. The topological polar surface area (TPSA) is 98.9 Å². The van der Waals surface area contributed by atoms with Crippen LogP contribution in [0.5, 0.6) is 0 Å². The number of primary amides is 1. The number of benzene rings is 5. The zero-order chi connectivity index (χ0) is 34.3. The third kappa shape index (κ3) is 7.16. The highest BCUT2D eigenvalue weighted by Crippen LogP contribution is 2.41. The van der Waals surface area contributed by atoms with Crippen LogP contribution in [-0.4, -0.2) is 36.5 Å². The van der Waals surface area contributed by atoms with Crippen LogP contribution in [-0.2, 0) is 29.5 Å². The molecule has 0 radical (unpaired) electrons. The molecule has 0 bridgehead atoms. The van der Waals surface area contributed by atoms with Crippen molar-refractivity contribution in [2.45, 2.75) is 38.9 Å². The summed E-state index contributed by atoms with van der Waals surface area (Å²) in [7, 11) is 0. The number of nitrogens with two attached hydrogens (primary N) is 1. The molecule has 48 heavy (non-hydrogen) atoms. The molecule has 246 valence electrons. The third-order valence-electron chi connectivity index (χ3n) is 8.35. The van der Waals surface area contributed by atoms with Crippen LogP contribution in [0.25, 0.3) is 10.8 Å². The molecule has 0 aliphatic heterocycles. The number of fused-ring (bicyclic) bond motifs is 1. The minimum atomic E-state index is -1.62. The largest absolute Gasteiger partial charge is 0.459 e. The maximum Gasteiger partial charge on any atom is 0.319 e. The molecule has 0 spiro atoms. The van der Waals surface area contributed by atoms with Gasteiger partial charge in [-0.05, 0) is 55.8 Å². The van der Waals surface area contributed by atoms with Crippen molar-refractivity contribution in [2.75, 3.05) is 18.1 Å². The highest BCUT2D eigenvalue weighted by molar-refractivity contribution is 6.08. The Balaban J connectivity index is 1.68. The molecule has 0 aromatic heterocycles. The molecular formula is C41H42N2O5. The highest BCUT2D eigenvalue weighted by Gasteiger charge is 2.46. The van der Waals surface area contributed by atoms with Crippen molar-refractivity contribution in [2.24, 2.45) is 17.6 Å². The van der Waals surface area contributed by atoms with E-state index in [0.717, 1.165) is 27.5 Å². The van der Waals surface area contributed by atoms with Gasteiger partial charge in [-0.15, -0.1) is 0 Å². The molecule has 0 fully saturated rings. The van der Waals surface area contributed by atoms with Crippen molar-refractivity contribution in [3.8, 4) is 0 Å². The number of ether oxygens (including phenoxy) is 2. The smallest absolute Gasteiger partial charge is 0.319 e. The molecule has 5 rings (SSSR count). The first-order valence-electron chi connectivity index (χ1n) is 16.2. The van der Waals surface area contributed by atoms with Gasteiger partial charge in [-0.25, -0.2) is 0 Å². The van der Waals surface area contributed by atoms with E-state index >= 15 is 0 Å². The predicted molar refractivity (Wildman–Crippen MR) is 189 cm³/mol. The molecule has 5 aromatic carbocycles. The number of hydrogen-bond donors (Lipinski definition) is 1. The van der Waals surface area contributed by atoms with Crippen molar-refractivity contribution in [3.63, 3.8) is 0 Å². The Labute approximate surface area is 282 Å². The summed E-state index contributed by atoms with van der Waals surface area (Å²) in [5.74, 6) is -5.28. The number of esters is 1. The van der Waals surface area contributed by atoms with Gasteiger partial charge in [0.1, 0.15) is 17.1 Å². The van der Waals surface area contributed by atoms with Crippen molar-refractivity contribution in [3.05, 3.63) is 150 Å². The Hall–Kier alpha value is -5.27. The van der Waals surface area contributed by atoms with Gasteiger partial charge in [0, 0.05) is 11.9 Å². The average Bonchev–Trinajstić information content (AvgIpc) is 3.09. The summed E-state index contributed by atoms with van der Waals surface area (Å²) in [5, 5.41) is 1.80. The summed E-state index contributed by atoms with van der Waals surface area (Å²) in [5.41, 5.74) is 6.91. The van der Waals surface area contributed by atoms with Crippen molar-refractivity contribution < 1.29 is 23.9 Å². The molecule has 0 heterocycles. The molecular weight excluding hydrogens is 600 g/mol. The molecule has 0 aliphatic rings. The fraction of sp³-hybridized carbons (Fsp3) is 0.244. The van der Waals surface area contributed by atoms with Gasteiger partial charge in [0.05, 0.1) is 18.2 Å². The Kier molecular flexibility index (Phi) is 10.4. The van der Waals surface area contributed by atoms with Crippen LogP contribution in [0, 0.1) is 11.8 Å². The molecule has 0 saturated heterocycles. The Morgan fingerprint density at radius 3 is 1.65 bits per heavy atom. The first-order valence-corrected chi connectivity index (χ1v) is 16.2. The quantitative estimate of drug-likeness (QED) is 0.0878. The molecule has 7 nitrogen and oxygen atoms in total. The second kappa shape index (κ2) is 14.7. The maximum absolute atomic E-state index is 14.9. The first kappa shape index (κ1) is 34.1. The van der Waals surface area contributed by atoms with Crippen LogP contribution >= 0.6 is 0 Å². The van der Waals surface area contributed by atoms with Crippen LogP contribution in [0.2, 0.25) is 0 Å². The summed E-state index contributed by atoms with van der Waals surface area (Å²) in [6.07, 6.45) is 0. The summed E-state index contributed by atoms with van der Waals surface area (Å²) in [4.78, 5) is 43.5. The zero-order valence-electron chi connectivity index (χ0n) is 27.8. The van der Waals surface area contributed by atoms with E-state index in [1.807, 2.05) is 140 Å². The van der Waals surface area contributed by atoms with Crippen LogP contribution in [0.1, 0.15) is 44.4 Å². The van der Waals surface area contributed by atoms with Crippen LogP contribution < -0.4 is 10.6 Å². The lowest BCUT2D eigenvalue weighted by molar-refractivity contribution is -0.168. The summed E-state index contributed by atoms with van der Waals surface area (Å²) < 4.78 is 12.7. The number of hydrogen-bond acceptors (Lipinski definition) is 5. The second-order valence-electron chi connectivity index (χ2n) is 12.7. The maximum atomic E-state index is 14.9. The Bertz CT molecular complexity index is 1750. The number of rotatable bonds is 12. The highest BCUT2D eigenvalue weighted by atomic mass is 16.6. The second-order valence-corrected chi connectivity index (χ2v) is 12.7. The van der Waals surface area contributed by atoms with Gasteiger partial charge < -0.3 is 20.1 Å². The summed E-state index contributed by atoms with van der Waals surface area (Å²) in [6, 6.07) is 42.6. The van der Waals surface area contributed by atoms with Gasteiger partial charge in [-0.2, -0.15) is 0 Å². The lowest BCUT2D eigenvalue weighted by Gasteiger charge is -2.38. The van der Waals surface area contributed by atoms with E-state index < -0.39 is 40.8 Å². The standard InChI is InChI=1S/C41H42N2O5/c1-5-43(35-27-17-19-29-18-15-16-26-33(29)35)38(45)34(36(37(42)44)39(46)48-40(2,3)4)28-47-41(30-20-9-6-10-21-30,31-22-11-7-12-23-31)32-24-13-8-14-25-32/h6-27,34,36H,5,28H2,1-4H3,(H2,42,44). The van der Waals surface area contributed by atoms with Gasteiger partial charge in [0.15, 0.2) is 0 Å². The molecule has 7 heteroatoms. The molecule has 2 atom stereocenters. The summed E-state index contributed by atoms with van der Waals surface area (Å²) >= 11 is 0. The van der Waals surface area contributed by atoms with E-state index in [4.69, 9.17) is 15.2 Å². The minimum Gasteiger partial charge on any atom is -0.459 e. The number of nitrogens with zero attached hydrogens (tertiary/aromatic N) is 1. The number of amides is 2. The molecule has 5 aromatic rings. The lowest BCUT2D eigenvalue weighted by Crippen LogP contribution is -2.50. The van der Waals surface area contributed by atoms with E-state index in [9.17, 15) is 14.4 Å². The van der Waals surface area contributed by atoms with Gasteiger partial charge in [-0.3, -0.25) is 14.4 Å². The Morgan fingerprint density at radius 2 is 1.17 bits per heavy atom. The van der Waals surface area contributed by atoms with Gasteiger partial charge >= 0.3 is 5.97 Å². The van der Waals surface area contributed by atoms with E-state index in [-0.39, 0.29) is 13.2 Å². The number of carbonyl (C=O) groups is 3. The van der Waals surface area contributed by atoms with Crippen LogP contribution in [0.15, 0.2) is 133 Å². The monoisotopic (exact) mass is 642 g/mol. The normalized spacial score (nSPS) is 13.0. The number of anilines is 1. The SMILES string of the molecule is CCN(C(=O)C(COC(c1ccccc1)(c1ccccc1)c1ccccc1)C(C(N)=O)C(=O)OC(C)(C)C)c1cccc2ccccc12. The van der Waals surface area contributed by atoms with Crippen LogP contribution in [0.4, 0.5) is 5.69 Å². The number of carbonyl (C=O) groups excluding carboxylic acids is 3. The first-order chi connectivity index (χ1) is 23.1.